The lowest BCUT2D eigenvalue weighted by atomic mass is 10.1. The van der Waals surface area contributed by atoms with E-state index in [-0.39, 0.29) is 30.7 Å². The third kappa shape index (κ3) is 4.76. The largest absolute Gasteiger partial charge is 0.357 e. The van der Waals surface area contributed by atoms with Crippen LogP contribution in [-0.2, 0) is 11.3 Å². The second kappa shape index (κ2) is 9.29. The van der Waals surface area contributed by atoms with E-state index in [4.69, 9.17) is 0 Å². The highest BCUT2D eigenvalue weighted by molar-refractivity contribution is 6.21. The van der Waals surface area contributed by atoms with Crippen molar-refractivity contribution in [1.82, 2.24) is 15.2 Å². The van der Waals surface area contributed by atoms with E-state index >= 15 is 0 Å². The van der Waals surface area contributed by atoms with Gasteiger partial charge in [-0.2, -0.15) is 0 Å². The zero-order valence-corrected chi connectivity index (χ0v) is 17.9. The minimum atomic E-state index is -0.330. The van der Waals surface area contributed by atoms with E-state index in [9.17, 15) is 14.4 Å². The smallest absolute Gasteiger partial charge is 0.261 e. The molecule has 4 rings (SSSR count). The number of rotatable bonds is 6. The minimum Gasteiger partial charge on any atom is -0.357 e. The molecule has 3 amide bonds. The maximum absolute atomic E-state index is 12.5. The number of fused-ring (bicyclic) bond motifs is 1. The number of nitrogens with one attached hydrogen (secondary N) is 1. The number of benzene rings is 1. The van der Waals surface area contributed by atoms with Gasteiger partial charge in [-0.15, -0.1) is 0 Å². The molecule has 7 heteroatoms. The highest BCUT2D eigenvalue weighted by Crippen LogP contribution is 2.24. The highest BCUT2D eigenvalue weighted by atomic mass is 16.2. The van der Waals surface area contributed by atoms with Crippen molar-refractivity contribution < 1.29 is 14.4 Å². The molecule has 0 spiro atoms. The molecule has 1 fully saturated rings. The van der Waals surface area contributed by atoms with Gasteiger partial charge in [0, 0.05) is 38.8 Å². The van der Waals surface area contributed by atoms with Crippen LogP contribution in [0.2, 0.25) is 0 Å². The van der Waals surface area contributed by atoms with E-state index in [2.05, 4.69) is 15.2 Å². The van der Waals surface area contributed by atoms with Gasteiger partial charge >= 0.3 is 0 Å². The summed E-state index contributed by atoms with van der Waals surface area (Å²) in [6.45, 7) is 4.38. The molecule has 31 heavy (non-hydrogen) atoms. The predicted octanol–water partition coefficient (Wildman–Crippen LogP) is 3.07. The molecule has 2 aromatic rings. The summed E-state index contributed by atoms with van der Waals surface area (Å²) in [7, 11) is 0. The molecule has 1 saturated heterocycles. The lowest BCUT2D eigenvalue weighted by molar-refractivity contribution is -0.121. The summed E-state index contributed by atoms with van der Waals surface area (Å²) in [4.78, 5) is 45.3. The van der Waals surface area contributed by atoms with Gasteiger partial charge in [0.25, 0.3) is 11.8 Å². The first kappa shape index (κ1) is 21.0. The molecule has 0 unspecified atom stereocenters. The maximum Gasteiger partial charge on any atom is 0.261 e. The molecule has 1 aromatic carbocycles. The standard InChI is InChI=1S/C24H28N4O3/c1-17-6-7-19-20(14-17)24(31)28(23(19)30)13-9-22(29)26-16-18-8-10-25-21(15-18)27-11-4-2-3-5-12-27/h6-8,10,14-15H,2-5,9,11-13,16H2,1H3,(H,26,29). The number of carbonyl (C=O) groups is 3. The average Bonchev–Trinajstić information content (AvgIpc) is 2.96. The number of aryl methyl sites for hydroxylation is 1. The van der Waals surface area contributed by atoms with Crippen molar-refractivity contribution in [1.29, 1.82) is 0 Å². The summed E-state index contributed by atoms with van der Waals surface area (Å²) >= 11 is 0. The number of amides is 3. The van der Waals surface area contributed by atoms with Crippen LogP contribution >= 0.6 is 0 Å². The van der Waals surface area contributed by atoms with E-state index in [0.29, 0.717) is 17.7 Å². The molecule has 0 atom stereocenters. The quantitative estimate of drug-likeness (QED) is 0.727. The Labute approximate surface area is 182 Å². The third-order valence-corrected chi connectivity index (χ3v) is 5.92. The number of hydrogen-bond donors (Lipinski definition) is 1. The lowest BCUT2D eigenvalue weighted by Crippen LogP contribution is -2.34. The Kier molecular flexibility index (Phi) is 6.30. The van der Waals surface area contributed by atoms with Crippen LogP contribution in [0.1, 0.15) is 63.9 Å². The Morgan fingerprint density at radius 1 is 1.00 bits per heavy atom. The van der Waals surface area contributed by atoms with Crippen LogP contribution in [0.5, 0.6) is 0 Å². The summed E-state index contributed by atoms with van der Waals surface area (Å²) in [6, 6.07) is 9.14. The van der Waals surface area contributed by atoms with Crippen LogP contribution < -0.4 is 10.2 Å². The molecule has 162 valence electrons. The molecule has 7 nitrogen and oxygen atoms in total. The number of imide groups is 1. The fourth-order valence-corrected chi connectivity index (χ4v) is 4.15. The third-order valence-electron chi connectivity index (χ3n) is 5.92. The predicted molar refractivity (Wildman–Crippen MR) is 118 cm³/mol. The molecule has 1 aromatic heterocycles. The van der Waals surface area contributed by atoms with Gasteiger partial charge in [0.15, 0.2) is 0 Å². The molecule has 0 saturated carbocycles. The van der Waals surface area contributed by atoms with Crippen molar-refractivity contribution in [2.45, 2.75) is 45.6 Å². The van der Waals surface area contributed by atoms with Gasteiger partial charge in [-0.05, 0) is 49.6 Å². The second-order valence-electron chi connectivity index (χ2n) is 8.26. The number of carbonyl (C=O) groups excluding carboxylic acids is 3. The normalized spacial score (nSPS) is 16.3. The maximum atomic E-state index is 12.5. The fourth-order valence-electron chi connectivity index (χ4n) is 4.15. The van der Waals surface area contributed by atoms with Crippen LogP contribution in [0.15, 0.2) is 36.5 Å². The van der Waals surface area contributed by atoms with Crippen LogP contribution in [0.3, 0.4) is 0 Å². The van der Waals surface area contributed by atoms with Crippen LogP contribution in [0.25, 0.3) is 0 Å². The van der Waals surface area contributed by atoms with Crippen molar-refractivity contribution in [3.8, 4) is 0 Å². The number of pyridine rings is 1. The van der Waals surface area contributed by atoms with Gasteiger partial charge in [-0.1, -0.05) is 24.5 Å². The van der Waals surface area contributed by atoms with Gasteiger partial charge in [0.2, 0.25) is 5.91 Å². The van der Waals surface area contributed by atoms with Gasteiger partial charge in [-0.3, -0.25) is 19.3 Å². The van der Waals surface area contributed by atoms with E-state index in [0.717, 1.165) is 34.9 Å². The first-order chi connectivity index (χ1) is 15.0. The SMILES string of the molecule is Cc1ccc2c(c1)C(=O)N(CCC(=O)NCc1ccnc(N3CCCCCC3)c1)C2=O. The first-order valence-corrected chi connectivity index (χ1v) is 11.0. The topological polar surface area (TPSA) is 82.6 Å². The van der Waals surface area contributed by atoms with Gasteiger partial charge in [0.05, 0.1) is 11.1 Å². The average molecular weight is 421 g/mol. The Morgan fingerprint density at radius 3 is 2.52 bits per heavy atom. The van der Waals surface area contributed by atoms with E-state index in [1.165, 1.54) is 25.7 Å². The van der Waals surface area contributed by atoms with E-state index in [1.54, 1.807) is 18.3 Å². The van der Waals surface area contributed by atoms with Crippen molar-refractivity contribution in [3.05, 3.63) is 58.8 Å². The minimum absolute atomic E-state index is 0.0760. The van der Waals surface area contributed by atoms with Crippen molar-refractivity contribution in [3.63, 3.8) is 0 Å². The molecule has 3 heterocycles. The Bertz CT molecular complexity index is 996. The van der Waals surface area contributed by atoms with Crippen molar-refractivity contribution >= 4 is 23.5 Å². The zero-order chi connectivity index (χ0) is 21.8. The number of nitrogens with zero attached hydrogens (tertiary/aromatic N) is 3. The van der Waals surface area contributed by atoms with Gasteiger partial charge in [0.1, 0.15) is 5.82 Å². The van der Waals surface area contributed by atoms with Gasteiger partial charge in [-0.25, -0.2) is 4.98 Å². The highest BCUT2D eigenvalue weighted by Gasteiger charge is 2.35. The number of aromatic nitrogens is 1. The van der Waals surface area contributed by atoms with Gasteiger partial charge < -0.3 is 10.2 Å². The van der Waals surface area contributed by atoms with E-state index < -0.39 is 0 Å². The molecule has 0 aliphatic carbocycles. The molecular formula is C24H28N4O3. The van der Waals surface area contributed by atoms with Crippen LogP contribution in [-0.4, -0.2) is 47.2 Å². The van der Waals surface area contributed by atoms with E-state index in [1.807, 2.05) is 25.1 Å². The molecular weight excluding hydrogens is 392 g/mol. The monoisotopic (exact) mass is 420 g/mol. The van der Waals surface area contributed by atoms with Crippen molar-refractivity contribution in [2.24, 2.45) is 0 Å². The zero-order valence-electron chi connectivity index (χ0n) is 17.9. The Hall–Kier alpha value is -3.22. The summed E-state index contributed by atoms with van der Waals surface area (Å²) in [5, 5.41) is 2.89. The molecule has 0 radical (unpaired) electrons. The summed E-state index contributed by atoms with van der Waals surface area (Å²) < 4.78 is 0. The van der Waals surface area contributed by atoms with Crippen LogP contribution in [0, 0.1) is 6.92 Å². The second-order valence-corrected chi connectivity index (χ2v) is 8.26. The fraction of sp³-hybridized carbons (Fsp3) is 0.417. The number of anilines is 1. The number of hydrogen-bond acceptors (Lipinski definition) is 5. The molecule has 2 aliphatic heterocycles. The summed E-state index contributed by atoms with van der Waals surface area (Å²) in [5.74, 6) is 0.104. The molecule has 0 bridgehead atoms. The Balaban J connectivity index is 1.30. The molecule has 1 N–H and O–H groups in total. The molecule has 2 aliphatic rings. The summed E-state index contributed by atoms with van der Waals surface area (Å²) in [6.07, 6.45) is 6.75. The Morgan fingerprint density at radius 2 is 1.74 bits per heavy atom. The first-order valence-electron chi connectivity index (χ1n) is 11.0. The lowest BCUT2D eigenvalue weighted by Gasteiger charge is -2.21. The summed E-state index contributed by atoms with van der Waals surface area (Å²) in [5.41, 5.74) is 2.74. The van der Waals surface area contributed by atoms with Crippen LogP contribution in [0.4, 0.5) is 5.82 Å². The van der Waals surface area contributed by atoms with Crippen molar-refractivity contribution in [2.75, 3.05) is 24.5 Å².